The first kappa shape index (κ1) is 16.3. The van der Waals surface area contributed by atoms with Crippen molar-refractivity contribution in [1.29, 1.82) is 0 Å². The molecule has 1 aromatic rings. The van der Waals surface area contributed by atoms with Crippen LogP contribution in [0.1, 0.15) is 56.2 Å². The lowest BCUT2D eigenvalue weighted by molar-refractivity contribution is 0.410. The second-order valence-electron chi connectivity index (χ2n) is 5.73. The van der Waals surface area contributed by atoms with Gasteiger partial charge < -0.3 is 10.6 Å². The number of nitrogens with zero attached hydrogens (tertiary/aromatic N) is 2. The van der Waals surface area contributed by atoms with Gasteiger partial charge in [0.1, 0.15) is 0 Å². The molecule has 0 radical (unpaired) electrons. The molecule has 0 spiro atoms. The quantitative estimate of drug-likeness (QED) is 0.482. The van der Waals surface area contributed by atoms with Gasteiger partial charge in [0.15, 0.2) is 5.96 Å². The van der Waals surface area contributed by atoms with Gasteiger partial charge in [-0.2, -0.15) is 0 Å². The molecule has 1 fully saturated rings. The SMILES string of the molecule is CCNC(=NCCCc1nc(C)cs1)NC1CCCCC1. The number of aromatic nitrogens is 1. The highest BCUT2D eigenvalue weighted by atomic mass is 32.1. The van der Waals surface area contributed by atoms with Crippen LogP contribution >= 0.6 is 11.3 Å². The van der Waals surface area contributed by atoms with E-state index >= 15 is 0 Å². The highest BCUT2D eigenvalue weighted by Crippen LogP contribution is 2.17. The van der Waals surface area contributed by atoms with Gasteiger partial charge in [-0.15, -0.1) is 11.3 Å². The lowest BCUT2D eigenvalue weighted by atomic mass is 9.96. The van der Waals surface area contributed by atoms with Crippen molar-refractivity contribution in [3.05, 3.63) is 16.1 Å². The summed E-state index contributed by atoms with van der Waals surface area (Å²) in [4.78, 5) is 9.20. The van der Waals surface area contributed by atoms with Crippen LogP contribution in [0, 0.1) is 6.92 Å². The molecule has 0 atom stereocenters. The van der Waals surface area contributed by atoms with Gasteiger partial charge >= 0.3 is 0 Å². The molecule has 1 aliphatic rings. The third-order valence-corrected chi connectivity index (χ3v) is 4.80. The first-order valence-corrected chi connectivity index (χ1v) is 9.11. The Morgan fingerprint density at radius 3 is 2.86 bits per heavy atom. The van der Waals surface area contributed by atoms with E-state index < -0.39 is 0 Å². The van der Waals surface area contributed by atoms with Gasteiger partial charge in [0.2, 0.25) is 0 Å². The number of aryl methyl sites for hydroxylation is 2. The molecule has 0 saturated heterocycles. The van der Waals surface area contributed by atoms with Crippen molar-refractivity contribution < 1.29 is 0 Å². The Labute approximate surface area is 132 Å². The Kier molecular flexibility index (Phi) is 7.00. The maximum atomic E-state index is 4.70. The third kappa shape index (κ3) is 6.04. The summed E-state index contributed by atoms with van der Waals surface area (Å²) < 4.78 is 0. The molecule has 1 aliphatic carbocycles. The van der Waals surface area contributed by atoms with E-state index in [0.717, 1.165) is 37.6 Å². The number of thiazole rings is 1. The molecule has 0 aliphatic heterocycles. The van der Waals surface area contributed by atoms with E-state index in [0.29, 0.717) is 6.04 Å². The lowest BCUT2D eigenvalue weighted by Crippen LogP contribution is -2.44. The predicted octanol–water partition coefficient (Wildman–Crippen LogP) is 3.27. The number of hydrogen-bond acceptors (Lipinski definition) is 3. The minimum absolute atomic E-state index is 0.609. The maximum Gasteiger partial charge on any atom is 0.191 e. The zero-order chi connectivity index (χ0) is 14.9. The Bertz CT molecular complexity index is 435. The average molecular weight is 308 g/mol. The van der Waals surface area contributed by atoms with E-state index in [2.05, 4.69) is 34.8 Å². The summed E-state index contributed by atoms with van der Waals surface area (Å²) in [5, 5.41) is 10.3. The summed E-state index contributed by atoms with van der Waals surface area (Å²) in [6.45, 7) is 5.96. The summed E-state index contributed by atoms with van der Waals surface area (Å²) in [6.07, 6.45) is 8.74. The van der Waals surface area contributed by atoms with Crippen molar-refractivity contribution in [1.82, 2.24) is 15.6 Å². The van der Waals surface area contributed by atoms with E-state index in [-0.39, 0.29) is 0 Å². The molecule has 0 amide bonds. The van der Waals surface area contributed by atoms with Crippen molar-refractivity contribution in [3.63, 3.8) is 0 Å². The third-order valence-electron chi connectivity index (χ3n) is 3.78. The fourth-order valence-electron chi connectivity index (χ4n) is 2.70. The monoisotopic (exact) mass is 308 g/mol. The lowest BCUT2D eigenvalue weighted by Gasteiger charge is -2.24. The van der Waals surface area contributed by atoms with Gasteiger partial charge in [0.25, 0.3) is 0 Å². The van der Waals surface area contributed by atoms with Crippen LogP contribution in [0.2, 0.25) is 0 Å². The van der Waals surface area contributed by atoms with Crippen LogP contribution in [0.4, 0.5) is 0 Å². The van der Waals surface area contributed by atoms with Crippen molar-refractivity contribution in [2.75, 3.05) is 13.1 Å². The topological polar surface area (TPSA) is 49.3 Å². The smallest absolute Gasteiger partial charge is 0.191 e. The van der Waals surface area contributed by atoms with Crippen molar-refractivity contribution in [3.8, 4) is 0 Å². The van der Waals surface area contributed by atoms with E-state index in [4.69, 9.17) is 4.99 Å². The first-order chi connectivity index (χ1) is 10.3. The van der Waals surface area contributed by atoms with E-state index in [1.165, 1.54) is 37.1 Å². The minimum atomic E-state index is 0.609. The van der Waals surface area contributed by atoms with Gasteiger partial charge in [-0.25, -0.2) is 4.98 Å². The van der Waals surface area contributed by atoms with Crippen LogP contribution in [-0.2, 0) is 6.42 Å². The van der Waals surface area contributed by atoms with E-state index in [9.17, 15) is 0 Å². The maximum absolute atomic E-state index is 4.70. The number of aliphatic imine (C=N–C) groups is 1. The van der Waals surface area contributed by atoms with Crippen LogP contribution in [0.25, 0.3) is 0 Å². The Morgan fingerprint density at radius 2 is 2.19 bits per heavy atom. The Hall–Kier alpha value is -1.10. The normalized spacial score (nSPS) is 17.0. The van der Waals surface area contributed by atoms with Crippen molar-refractivity contribution >= 4 is 17.3 Å². The molecule has 4 nitrogen and oxygen atoms in total. The molecule has 5 heteroatoms. The fraction of sp³-hybridized carbons (Fsp3) is 0.750. The number of hydrogen-bond donors (Lipinski definition) is 2. The van der Waals surface area contributed by atoms with Crippen LogP contribution in [0.5, 0.6) is 0 Å². The van der Waals surface area contributed by atoms with Gasteiger partial charge in [-0.05, 0) is 33.1 Å². The molecule has 21 heavy (non-hydrogen) atoms. The summed E-state index contributed by atoms with van der Waals surface area (Å²) >= 11 is 1.76. The summed E-state index contributed by atoms with van der Waals surface area (Å²) in [5.41, 5.74) is 1.13. The molecule has 0 aromatic carbocycles. The molecule has 2 N–H and O–H groups in total. The number of nitrogens with one attached hydrogen (secondary N) is 2. The first-order valence-electron chi connectivity index (χ1n) is 8.23. The summed E-state index contributed by atoms with van der Waals surface area (Å²) in [5.74, 6) is 0.986. The highest BCUT2D eigenvalue weighted by molar-refractivity contribution is 7.09. The second-order valence-corrected chi connectivity index (χ2v) is 6.67. The number of rotatable bonds is 6. The van der Waals surface area contributed by atoms with Crippen molar-refractivity contribution in [2.24, 2.45) is 4.99 Å². The van der Waals surface area contributed by atoms with Crippen LogP contribution in [0.3, 0.4) is 0 Å². The van der Waals surface area contributed by atoms with Crippen molar-refractivity contribution in [2.45, 2.75) is 64.8 Å². The molecular weight excluding hydrogens is 280 g/mol. The Balaban J connectivity index is 1.74. The zero-order valence-electron chi connectivity index (χ0n) is 13.3. The Morgan fingerprint density at radius 1 is 1.38 bits per heavy atom. The largest absolute Gasteiger partial charge is 0.357 e. The molecule has 0 bridgehead atoms. The molecule has 1 aromatic heterocycles. The predicted molar refractivity (Wildman–Crippen MR) is 91.2 cm³/mol. The molecular formula is C16H28N4S. The summed E-state index contributed by atoms with van der Waals surface area (Å²) in [6, 6.07) is 0.609. The second kappa shape index (κ2) is 9.03. The molecule has 1 saturated carbocycles. The molecule has 1 heterocycles. The van der Waals surface area contributed by atoms with Gasteiger partial charge in [-0.1, -0.05) is 19.3 Å². The van der Waals surface area contributed by atoms with Gasteiger partial charge in [0, 0.05) is 36.6 Å². The van der Waals surface area contributed by atoms with Gasteiger partial charge in [-0.3, -0.25) is 4.99 Å². The average Bonchev–Trinajstić information content (AvgIpc) is 2.90. The summed E-state index contributed by atoms with van der Waals surface area (Å²) in [7, 11) is 0. The highest BCUT2D eigenvalue weighted by Gasteiger charge is 2.14. The zero-order valence-corrected chi connectivity index (χ0v) is 14.1. The molecule has 118 valence electrons. The van der Waals surface area contributed by atoms with Gasteiger partial charge in [0.05, 0.1) is 5.01 Å². The van der Waals surface area contributed by atoms with Crippen LogP contribution < -0.4 is 10.6 Å². The molecule has 0 unspecified atom stereocenters. The van der Waals surface area contributed by atoms with E-state index in [1.807, 2.05) is 0 Å². The fourth-order valence-corrected chi connectivity index (χ4v) is 3.52. The van der Waals surface area contributed by atoms with E-state index in [1.54, 1.807) is 11.3 Å². The standard InChI is InChI=1S/C16H28N4S/c1-3-17-16(20-14-8-5-4-6-9-14)18-11-7-10-15-19-13(2)12-21-15/h12,14H,3-11H2,1-2H3,(H2,17,18,20). The number of guanidine groups is 1. The van der Waals surface area contributed by atoms with Crippen LogP contribution in [-0.4, -0.2) is 30.1 Å². The molecule has 2 rings (SSSR count). The van der Waals surface area contributed by atoms with Crippen LogP contribution in [0.15, 0.2) is 10.4 Å². The minimum Gasteiger partial charge on any atom is -0.357 e.